The van der Waals surface area contributed by atoms with E-state index in [0.29, 0.717) is 19.7 Å². The number of hydrogen-bond acceptors (Lipinski definition) is 3. The summed E-state index contributed by atoms with van der Waals surface area (Å²) in [6.07, 6.45) is 2.20. The molecule has 0 aromatic rings. The average molecular weight is 214 g/mol. The van der Waals surface area contributed by atoms with Gasteiger partial charge in [-0.25, -0.2) is 0 Å². The molecule has 4 heteroatoms. The third-order valence-corrected chi connectivity index (χ3v) is 1.66. The maximum absolute atomic E-state index is 11.3. The van der Waals surface area contributed by atoms with Gasteiger partial charge in [0, 0.05) is 12.1 Å². The number of amides is 1. The zero-order valence-electron chi connectivity index (χ0n) is 9.93. The van der Waals surface area contributed by atoms with Crippen molar-refractivity contribution < 1.29 is 9.53 Å². The Hall–Kier alpha value is -1.03. The second kappa shape index (κ2) is 7.29. The zero-order valence-corrected chi connectivity index (χ0v) is 9.93. The molecule has 0 spiro atoms. The number of ether oxygens (including phenoxy) is 1. The number of carbonyl (C=O) groups excluding carboxylic acids is 1. The van der Waals surface area contributed by atoms with Crippen molar-refractivity contribution in [2.45, 2.75) is 32.7 Å². The van der Waals surface area contributed by atoms with Crippen molar-refractivity contribution in [2.75, 3.05) is 19.7 Å². The summed E-state index contributed by atoms with van der Waals surface area (Å²) < 4.78 is 4.93. The molecule has 0 fully saturated rings. The molecular formula is C11H22N2O2. The van der Waals surface area contributed by atoms with Crippen molar-refractivity contribution in [1.29, 1.82) is 0 Å². The quantitative estimate of drug-likeness (QED) is 0.492. The Morgan fingerprint density at radius 3 is 2.67 bits per heavy atom. The van der Waals surface area contributed by atoms with Crippen LogP contribution in [0.5, 0.6) is 0 Å². The summed E-state index contributed by atoms with van der Waals surface area (Å²) in [4.78, 5) is 11.3. The van der Waals surface area contributed by atoms with E-state index in [0.717, 1.165) is 6.42 Å². The molecular weight excluding hydrogens is 192 g/mol. The van der Waals surface area contributed by atoms with Gasteiger partial charge in [-0.15, -0.1) is 0 Å². The van der Waals surface area contributed by atoms with Gasteiger partial charge in [0.2, 0.25) is 5.91 Å². The first-order chi connectivity index (χ1) is 6.95. The number of nitrogens with one attached hydrogen (secondary N) is 2. The van der Waals surface area contributed by atoms with Gasteiger partial charge in [0.15, 0.2) is 0 Å². The summed E-state index contributed by atoms with van der Waals surface area (Å²) in [5.41, 5.74) is -0.0245. The van der Waals surface area contributed by atoms with Crippen LogP contribution in [-0.2, 0) is 9.53 Å². The molecule has 0 aliphatic carbocycles. The van der Waals surface area contributed by atoms with Crippen LogP contribution in [0.1, 0.15) is 27.2 Å². The van der Waals surface area contributed by atoms with Crippen LogP contribution >= 0.6 is 0 Å². The van der Waals surface area contributed by atoms with Crippen LogP contribution in [0.4, 0.5) is 0 Å². The summed E-state index contributed by atoms with van der Waals surface area (Å²) >= 11 is 0. The summed E-state index contributed by atoms with van der Waals surface area (Å²) in [5, 5.41) is 5.91. The van der Waals surface area contributed by atoms with Crippen LogP contribution < -0.4 is 10.6 Å². The highest BCUT2D eigenvalue weighted by molar-refractivity contribution is 5.78. The Balaban J connectivity index is 3.38. The first kappa shape index (κ1) is 14.0. The standard InChI is InChI=1S/C11H22N2O2/c1-5-15-8-6-7-12-10(14)9-13-11(2,3)4/h5,13H,1,6-9H2,2-4H3,(H,12,14). The molecule has 4 nitrogen and oxygen atoms in total. The van der Waals surface area contributed by atoms with Gasteiger partial charge in [-0.2, -0.15) is 0 Å². The Morgan fingerprint density at radius 2 is 2.13 bits per heavy atom. The molecule has 0 aliphatic heterocycles. The third kappa shape index (κ3) is 10.9. The highest BCUT2D eigenvalue weighted by atomic mass is 16.5. The summed E-state index contributed by atoms with van der Waals surface area (Å²) in [7, 11) is 0. The van der Waals surface area contributed by atoms with E-state index in [1.807, 2.05) is 20.8 Å². The van der Waals surface area contributed by atoms with E-state index < -0.39 is 0 Å². The molecule has 0 unspecified atom stereocenters. The Labute approximate surface area is 92.1 Å². The van der Waals surface area contributed by atoms with Crippen molar-refractivity contribution in [3.63, 3.8) is 0 Å². The van der Waals surface area contributed by atoms with E-state index in [2.05, 4.69) is 17.2 Å². The second-order valence-electron chi connectivity index (χ2n) is 4.34. The lowest BCUT2D eigenvalue weighted by Crippen LogP contribution is -2.43. The molecule has 0 rings (SSSR count). The topological polar surface area (TPSA) is 50.4 Å². The molecule has 0 bridgehead atoms. The molecule has 0 aromatic heterocycles. The van der Waals surface area contributed by atoms with Crippen LogP contribution in [0.25, 0.3) is 0 Å². The van der Waals surface area contributed by atoms with Gasteiger partial charge in [0.1, 0.15) is 0 Å². The van der Waals surface area contributed by atoms with Crippen molar-refractivity contribution in [3.05, 3.63) is 12.8 Å². The lowest BCUT2D eigenvalue weighted by molar-refractivity contribution is -0.120. The fourth-order valence-corrected chi connectivity index (χ4v) is 0.875. The average Bonchev–Trinajstić information content (AvgIpc) is 2.13. The van der Waals surface area contributed by atoms with Gasteiger partial charge in [-0.3, -0.25) is 4.79 Å². The minimum Gasteiger partial charge on any atom is -0.502 e. The normalized spacial score (nSPS) is 10.9. The van der Waals surface area contributed by atoms with E-state index in [-0.39, 0.29) is 11.4 Å². The molecule has 88 valence electrons. The van der Waals surface area contributed by atoms with Crippen LogP contribution in [0.2, 0.25) is 0 Å². The predicted octanol–water partition coefficient (Wildman–Crippen LogP) is 1.04. The van der Waals surface area contributed by atoms with Crippen molar-refractivity contribution >= 4 is 5.91 Å². The number of hydrogen-bond donors (Lipinski definition) is 2. The van der Waals surface area contributed by atoms with Crippen LogP contribution in [0.3, 0.4) is 0 Å². The minimum atomic E-state index is -0.0245. The number of carbonyl (C=O) groups is 1. The molecule has 0 aromatic carbocycles. The monoisotopic (exact) mass is 214 g/mol. The molecule has 0 radical (unpaired) electrons. The van der Waals surface area contributed by atoms with Crippen LogP contribution in [-0.4, -0.2) is 31.1 Å². The summed E-state index contributed by atoms with van der Waals surface area (Å²) in [6.45, 7) is 11.1. The molecule has 0 aliphatic rings. The zero-order chi connectivity index (χ0) is 11.7. The smallest absolute Gasteiger partial charge is 0.233 e. The van der Waals surface area contributed by atoms with Crippen molar-refractivity contribution in [1.82, 2.24) is 10.6 Å². The second-order valence-corrected chi connectivity index (χ2v) is 4.34. The Morgan fingerprint density at radius 1 is 1.47 bits per heavy atom. The van der Waals surface area contributed by atoms with Crippen LogP contribution in [0, 0.1) is 0 Å². The molecule has 2 N–H and O–H groups in total. The largest absolute Gasteiger partial charge is 0.502 e. The first-order valence-corrected chi connectivity index (χ1v) is 5.20. The van der Waals surface area contributed by atoms with Gasteiger partial charge in [-0.05, 0) is 27.2 Å². The lowest BCUT2D eigenvalue weighted by atomic mass is 10.1. The van der Waals surface area contributed by atoms with E-state index >= 15 is 0 Å². The maximum Gasteiger partial charge on any atom is 0.233 e. The van der Waals surface area contributed by atoms with E-state index in [9.17, 15) is 4.79 Å². The third-order valence-electron chi connectivity index (χ3n) is 1.66. The van der Waals surface area contributed by atoms with E-state index in [1.165, 1.54) is 6.26 Å². The van der Waals surface area contributed by atoms with Gasteiger partial charge < -0.3 is 15.4 Å². The van der Waals surface area contributed by atoms with E-state index in [4.69, 9.17) is 4.74 Å². The van der Waals surface area contributed by atoms with Gasteiger partial charge in [0.25, 0.3) is 0 Å². The predicted molar refractivity (Wildman–Crippen MR) is 61.5 cm³/mol. The molecule has 0 saturated heterocycles. The Kier molecular flexibility index (Phi) is 6.79. The molecule has 1 amide bonds. The van der Waals surface area contributed by atoms with E-state index in [1.54, 1.807) is 0 Å². The maximum atomic E-state index is 11.3. The fourth-order valence-electron chi connectivity index (χ4n) is 0.875. The highest BCUT2D eigenvalue weighted by Crippen LogP contribution is 1.96. The van der Waals surface area contributed by atoms with Crippen molar-refractivity contribution in [2.24, 2.45) is 0 Å². The lowest BCUT2D eigenvalue weighted by Gasteiger charge is -2.19. The van der Waals surface area contributed by atoms with Gasteiger partial charge >= 0.3 is 0 Å². The first-order valence-electron chi connectivity index (χ1n) is 5.20. The van der Waals surface area contributed by atoms with Gasteiger partial charge in [0.05, 0.1) is 19.4 Å². The molecule has 0 atom stereocenters. The Bertz CT molecular complexity index is 197. The van der Waals surface area contributed by atoms with Gasteiger partial charge in [-0.1, -0.05) is 6.58 Å². The summed E-state index contributed by atoms with van der Waals surface area (Å²) in [5.74, 6) is 0.0172. The molecule has 0 heterocycles. The number of rotatable bonds is 7. The van der Waals surface area contributed by atoms with Crippen molar-refractivity contribution in [3.8, 4) is 0 Å². The highest BCUT2D eigenvalue weighted by Gasteiger charge is 2.10. The minimum absolute atomic E-state index is 0.0172. The summed E-state index contributed by atoms with van der Waals surface area (Å²) in [6, 6.07) is 0. The SMILES string of the molecule is C=COCCCNC(=O)CNC(C)(C)C. The molecule has 15 heavy (non-hydrogen) atoms. The fraction of sp³-hybridized carbons (Fsp3) is 0.727. The molecule has 0 saturated carbocycles. The van der Waals surface area contributed by atoms with Crippen LogP contribution in [0.15, 0.2) is 12.8 Å².